The number of amides is 1. The standard InChI is InChI=1S/C24H19FN4OS/c25-19-12-10-18(11-13-19)23-26-27-24(29(23)20-7-2-1-3-8-20)31-16-22(30)28-15-14-17-6-4-5-9-21(17)28/h1-13H,14-16H2. The van der Waals surface area contributed by atoms with E-state index in [1.807, 2.05) is 58.0 Å². The van der Waals surface area contributed by atoms with Crippen LogP contribution in [0.1, 0.15) is 5.56 Å². The van der Waals surface area contributed by atoms with Crippen molar-refractivity contribution in [2.45, 2.75) is 11.6 Å². The lowest BCUT2D eigenvalue weighted by Gasteiger charge is -2.17. The van der Waals surface area contributed by atoms with Crippen LogP contribution in [-0.4, -0.2) is 33.0 Å². The fourth-order valence-corrected chi connectivity index (χ4v) is 4.59. The number of benzene rings is 3. The maximum absolute atomic E-state index is 13.4. The van der Waals surface area contributed by atoms with Crippen molar-refractivity contribution >= 4 is 23.4 Å². The minimum atomic E-state index is -0.305. The molecule has 1 aromatic heterocycles. The Kier molecular flexibility index (Phi) is 5.26. The van der Waals surface area contributed by atoms with Gasteiger partial charge in [0, 0.05) is 23.5 Å². The molecule has 0 saturated heterocycles. The molecule has 0 radical (unpaired) electrons. The molecule has 2 heterocycles. The molecule has 5 rings (SSSR count). The van der Waals surface area contributed by atoms with Crippen molar-refractivity contribution in [2.75, 3.05) is 17.2 Å². The Morgan fingerprint density at radius 1 is 0.935 bits per heavy atom. The van der Waals surface area contributed by atoms with Gasteiger partial charge in [-0.05, 0) is 54.4 Å². The van der Waals surface area contributed by atoms with Crippen LogP contribution in [0.4, 0.5) is 10.1 Å². The smallest absolute Gasteiger partial charge is 0.237 e. The van der Waals surface area contributed by atoms with E-state index < -0.39 is 0 Å². The average molecular weight is 431 g/mol. The van der Waals surface area contributed by atoms with Gasteiger partial charge in [0.25, 0.3) is 0 Å². The Hall–Kier alpha value is -3.45. The fraction of sp³-hybridized carbons (Fsp3) is 0.125. The lowest BCUT2D eigenvalue weighted by Crippen LogP contribution is -2.30. The summed E-state index contributed by atoms with van der Waals surface area (Å²) in [7, 11) is 0. The molecule has 1 amide bonds. The Bertz CT molecular complexity index is 1220. The van der Waals surface area contributed by atoms with Crippen LogP contribution in [0.5, 0.6) is 0 Å². The van der Waals surface area contributed by atoms with E-state index in [2.05, 4.69) is 16.3 Å². The van der Waals surface area contributed by atoms with Crippen LogP contribution in [0.2, 0.25) is 0 Å². The second-order valence-corrected chi connectivity index (χ2v) is 8.14. The zero-order valence-electron chi connectivity index (χ0n) is 16.6. The summed E-state index contributed by atoms with van der Waals surface area (Å²) in [4.78, 5) is 14.8. The number of aromatic nitrogens is 3. The summed E-state index contributed by atoms with van der Waals surface area (Å²) in [6, 6.07) is 23.9. The van der Waals surface area contributed by atoms with Gasteiger partial charge in [0.05, 0.1) is 5.75 Å². The van der Waals surface area contributed by atoms with Gasteiger partial charge < -0.3 is 4.90 Å². The number of nitrogens with zero attached hydrogens (tertiary/aromatic N) is 4. The van der Waals surface area contributed by atoms with Crippen molar-refractivity contribution in [3.63, 3.8) is 0 Å². The highest BCUT2D eigenvalue weighted by Crippen LogP contribution is 2.31. The minimum absolute atomic E-state index is 0.0425. The number of carbonyl (C=O) groups excluding carboxylic acids is 1. The molecule has 0 spiro atoms. The van der Waals surface area contributed by atoms with E-state index in [4.69, 9.17) is 0 Å². The van der Waals surface area contributed by atoms with Gasteiger partial charge in [-0.3, -0.25) is 9.36 Å². The van der Waals surface area contributed by atoms with E-state index in [9.17, 15) is 9.18 Å². The number of carbonyl (C=O) groups is 1. The molecule has 0 atom stereocenters. The molecular formula is C24H19FN4OS. The summed E-state index contributed by atoms with van der Waals surface area (Å²) in [5.41, 5.74) is 3.83. The van der Waals surface area contributed by atoms with Crippen LogP contribution in [0.3, 0.4) is 0 Å². The second kappa shape index (κ2) is 8.35. The van der Waals surface area contributed by atoms with E-state index in [1.165, 1.54) is 29.5 Å². The van der Waals surface area contributed by atoms with Crippen molar-refractivity contribution in [1.29, 1.82) is 0 Å². The van der Waals surface area contributed by atoms with Crippen LogP contribution >= 0.6 is 11.8 Å². The van der Waals surface area contributed by atoms with Crippen molar-refractivity contribution in [3.05, 3.63) is 90.2 Å². The normalized spacial score (nSPS) is 12.7. The summed E-state index contributed by atoms with van der Waals surface area (Å²) < 4.78 is 15.3. The van der Waals surface area contributed by atoms with Crippen molar-refractivity contribution < 1.29 is 9.18 Å². The maximum atomic E-state index is 13.4. The molecule has 4 aromatic rings. The Balaban J connectivity index is 1.43. The van der Waals surface area contributed by atoms with Crippen LogP contribution in [-0.2, 0) is 11.2 Å². The van der Waals surface area contributed by atoms with E-state index in [0.717, 1.165) is 23.4 Å². The number of hydrogen-bond acceptors (Lipinski definition) is 4. The second-order valence-electron chi connectivity index (χ2n) is 7.20. The molecule has 0 saturated carbocycles. The lowest BCUT2D eigenvalue weighted by atomic mass is 10.2. The summed E-state index contributed by atoms with van der Waals surface area (Å²) in [6.07, 6.45) is 0.876. The van der Waals surface area contributed by atoms with E-state index in [0.29, 0.717) is 17.5 Å². The summed E-state index contributed by atoms with van der Waals surface area (Å²) in [6.45, 7) is 0.699. The molecule has 31 heavy (non-hydrogen) atoms. The van der Waals surface area contributed by atoms with Crippen LogP contribution in [0.15, 0.2) is 84.0 Å². The van der Waals surface area contributed by atoms with Crippen LogP contribution in [0, 0.1) is 5.82 Å². The first-order valence-corrected chi connectivity index (χ1v) is 11.0. The molecule has 0 N–H and O–H groups in total. The summed E-state index contributed by atoms with van der Waals surface area (Å²) in [5.74, 6) is 0.595. The quantitative estimate of drug-likeness (QED) is 0.429. The molecule has 7 heteroatoms. The van der Waals surface area contributed by atoms with Gasteiger partial charge in [-0.15, -0.1) is 10.2 Å². The van der Waals surface area contributed by atoms with Gasteiger partial charge in [0.15, 0.2) is 11.0 Å². The third-order valence-corrected chi connectivity index (χ3v) is 6.18. The highest BCUT2D eigenvalue weighted by Gasteiger charge is 2.25. The van der Waals surface area contributed by atoms with Crippen LogP contribution in [0.25, 0.3) is 17.1 Å². The lowest BCUT2D eigenvalue weighted by molar-refractivity contribution is -0.116. The van der Waals surface area contributed by atoms with Gasteiger partial charge in [0.1, 0.15) is 5.82 Å². The number of rotatable bonds is 5. The SMILES string of the molecule is O=C(CSc1nnc(-c2ccc(F)cc2)n1-c1ccccc1)N1CCc2ccccc21. The van der Waals surface area contributed by atoms with E-state index in [-0.39, 0.29) is 17.5 Å². The predicted octanol–water partition coefficient (Wildman–Crippen LogP) is 4.75. The molecule has 0 unspecified atom stereocenters. The molecular weight excluding hydrogens is 411 g/mol. The Morgan fingerprint density at radius 2 is 1.68 bits per heavy atom. The average Bonchev–Trinajstić information content (AvgIpc) is 3.43. The summed E-state index contributed by atoms with van der Waals surface area (Å²) in [5, 5.41) is 9.31. The van der Waals surface area contributed by atoms with E-state index >= 15 is 0 Å². The van der Waals surface area contributed by atoms with Gasteiger partial charge in [0.2, 0.25) is 5.91 Å². The molecule has 1 aliphatic rings. The first-order chi connectivity index (χ1) is 15.2. The largest absolute Gasteiger partial charge is 0.311 e. The zero-order chi connectivity index (χ0) is 21.2. The highest BCUT2D eigenvalue weighted by atomic mass is 32.2. The monoisotopic (exact) mass is 430 g/mol. The fourth-order valence-electron chi connectivity index (χ4n) is 3.76. The van der Waals surface area contributed by atoms with Gasteiger partial charge in [-0.1, -0.05) is 48.2 Å². The number of para-hydroxylation sites is 2. The molecule has 3 aromatic carbocycles. The maximum Gasteiger partial charge on any atom is 0.237 e. The topological polar surface area (TPSA) is 51.0 Å². The van der Waals surface area contributed by atoms with Gasteiger partial charge >= 0.3 is 0 Å². The molecule has 5 nitrogen and oxygen atoms in total. The number of fused-ring (bicyclic) bond motifs is 1. The van der Waals surface area contributed by atoms with Gasteiger partial charge in [-0.2, -0.15) is 0 Å². The molecule has 1 aliphatic heterocycles. The van der Waals surface area contributed by atoms with Crippen LogP contribution < -0.4 is 4.90 Å². The number of hydrogen-bond donors (Lipinski definition) is 0. The van der Waals surface area contributed by atoms with Gasteiger partial charge in [-0.25, -0.2) is 4.39 Å². The van der Waals surface area contributed by atoms with Crippen molar-refractivity contribution in [3.8, 4) is 17.1 Å². The molecule has 0 bridgehead atoms. The first kappa shape index (κ1) is 19.5. The summed E-state index contributed by atoms with van der Waals surface area (Å²) >= 11 is 1.35. The molecule has 0 fully saturated rings. The number of anilines is 1. The molecule has 0 aliphatic carbocycles. The zero-order valence-corrected chi connectivity index (χ0v) is 17.4. The predicted molar refractivity (Wildman–Crippen MR) is 120 cm³/mol. The number of thioether (sulfide) groups is 1. The first-order valence-electron chi connectivity index (χ1n) is 9.98. The van der Waals surface area contributed by atoms with Crippen molar-refractivity contribution in [1.82, 2.24) is 14.8 Å². The van der Waals surface area contributed by atoms with Crippen molar-refractivity contribution in [2.24, 2.45) is 0 Å². The number of halogens is 1. The third-order valence-electron chi connectivity index (χ3n) is 5.26. The van der Waals surface area contributed by atoms with E-state index in [1.54, 1.807) is 12.1 Å². The highest BCUT2D eigenvalue weighted by molar-refractivity contribution is 7.99. The third kappa shape index (κ3) is 3.84. The Labute approximate surface area is 183 Å². The molecule has 154 valence electrons. The minimum Gasteiger partial charge on any atom is -0.311 e. The Morgan fingerprint density at radius 3 is 2.48 bits per heavy atom.